The van der Waals surface area contributed by atoms with Crippen molar-refractivity contribution in [3.8, 4) is 5.75 Å². The first-order chi connectivity index (χ1) is 16.0. The normalized spacial score (nSPS) is 24.4. The maximum Gasteiger partial charge on any atom is 0.314 e. The predicted molar refractivity (Wildman–Crippen MR) is 133 cm³/mol. The van der Waals surface area contributed by atoms with E-state index in [4.69, 9.17) is 33.0 Å². The first-order valence-corrected chi connectivity index (χ1v) is 12.0. The minimum atomic E-state index is -1.27. The Labute approximate surface area is 205 Å². The maximum absolute atomic E-state index is 12.7. The molecule has 3 heterocycles. The van der Waals surface area contributed by atoms with Gasteiger partial charge in [0.05, 0.1) is 26.7 Å². The lowest BCUT2D eigenvalue weighted by atomic mass is 9.95. The van der Waals surface area contributed by atoms with Crippen LogP contribution in [0.1, 0.15) is 29.2 Å². The molecule has 6 rings (SSSR count). The number of carbonyl (C=O) groups is 1. The van der Waals surface area contributed by atoms with E-state index < -0.39 is 5.85 Å². The van der Waals surface area contributed by atoms with Crippen LogP contribution in [0.2, 0.25) is 10.0 Å². The summed E-state index contributed by atoms with van der Waals surface area (Å²) in [7, 11) is 0. The number of thioether (sulfide) groups is 1. The van der Waals surface area contributed by atoms with E-state index in [0.717, 1.165) is 28.6 Å². The van der Waals surface area contributed by atoms with Crippen LogP contribution < -0.4 is 10.1 Å². The zero-order chi connectivity index (χ0) is 22.6. The Balaban J connectivity index is 1.53. The predicted octanol–water partition coefficient (Wildman–Crippen LogP) is 6.69. The van der Waals surface area contributed by atoms with E-state index in [1.807, 2.05) is 77.8 Å². The molecule has 0 unspecified atom stereocenters. The number of hydrogen-bond donors (Lipinski definition) is 1. The topological polar surface area (TPSA) is 53.9 Å². The van der Waals surface area contributed by atoms with E-state index in [2.05, 4.69) is 5.32 Å². The van der Waals surface area contributed by atoms with Crippen LogP contribution in [0.3, 0.4) is 0 Å². The molecule has 1 fully saturated rings. The fraction of sp³-hybridized carbons (Fsp3) is 0.120. The molecule has 1 N–H and O–H groups in total. The fourth-order valence-electron chi connectivity index (χ4n) is 4.44. The number of hydrazone groups is 1. The minimum absolute atomic E-state index is 0.0950. The van der Waals surface area contributed by atoms with Gasteiger partial charge in [-0.15, -0.1) is 0 Å². The molecule has 2 atom stereocenters. The monoisotopic (exact) mass is 493 g/mol. The average molecular weight is 494 g/mol. The van der Waals surface area contributed by atoms with Crippen LogP contribution >= 0.6 is 35.0 Å². The molecule has 164 valence electrons. The summed E-state index contributed by atoms with van der Waals surface area (Å²) in [5, 5.41) is 10.5. The highest BCUT2D eigenvalue weighted by Gasteiger charge is 2.58. The third kappa shape index (κ3) is 3.32. The number of rotatable bonds is 2. The largest absolute Gasteiger partial charge is 0.444 e. The Kier molecular flexibility index (Phi) is 4.91. The van der Waals surface area contributed by atoms with Crippen molar-refractivity contribution in [2.24, 2.45) is 5.10 Å². The molecular weight excluding hydrogens is 477 g/mol. The molecule has 3 aliphatic heterocycles. The average Bonchev–Trinajstić information content (AvgIpc) is 3.40. The van der Waals surface area contributed by atoms with Crippen molar-refractivity contribution in [1.29, 1.82) is 0 Å². The highest BCUT2D eigenvalue weighted by Crippen LogP contribution is 2.53. The minimum Gasteiger partial charge on any atom is -0.444 e. The quantitative estimate of drug-likeness (QED) is 0.432. The molecule has 5 nitrogen and oxygen atoms in total. The molecule has 3 aromatic carbocycles. The van der Waals surface area contributed by atoms with Crippen molar-refractivity contribution in [1.82, 2.24) is 10.3 Å². The molecule has 3 aliphatic rings. The molecule has 0 aliphatic carbocycles. The number of halogens is 2. The summed E-state index contributed by atoms with van der Waals surface area (Å²) in [6.07, 6.45) is 2.54. The summed E-state index contributed by atoms with van der Waals surface area (Å²) in [4.78, 5) is 13.4. The summed E-state index contributed by atoms with van der Waals surface area (Å²) >= 11 is 13.8. The van der Waals surface area contributed by atoms with Crippen LogP contribution in [-0.4, -0.2) is 21.8 Å². The lowest BCUT2D eigenvalue weighted by Gasteiger charge is -2.45. The number of carbonyl (C=O) groups excluding carboxylic acids is 1. The smallest absolute Gasteiger partial charge is 0.314 e. The SMILES string of the molecule is O=C1N[C@]2(Oc3ccccc3[C@H]3CC(c4ccccc4)=NN32)/C(=C/c2cccc(Cl)c2Cl)S1. The van der Waals surface area contributed by atoms with Crippen LogP contribution in [0.5, 0.6) is 5.75 Å². The lowest BCUT2D eigenvalue weighted by molar-refractivity contribution is -0.0949. The van der Waals surface area contributed by atoms with Crippen molar-refractivity contribution in [3.05, 3.63) is 104 Å². The van der Waals surface area contributed by atoms with Gasteiger partial charge in [-0.2, -0.15) is 5.10 Å². The molecule has 0 aromatic heterocycles. The highest BCUT2D eigenvalue weighted by molar-refractivity contribution is 8.17. The summed E-state index contributed by atoms with van der Waals surface area (Å²) < 4.78 is 6.53. The zero-order valence-electron chi connectivity index (χ0n) is 17.2. The van der Waals surface area contributed by atoms with Gasteiger partial charge in [-0.1, -0.05) is 83.9 Å². The van der Waals surface area contributed by atoms with E-state index in [1.165, 1.54) is 0 Å². The zero-order valence-corrected chi connectivity index (χ0v) is 19.5. The Morgan fingerprint density at radius 3 is 2.70 bits per heavy atom. The molecule has 33 heavy (non-hydrogen) atoms. The highest BCUT2D eigenvalue weighted by atomic mass is 35.5. The van der Waals surface area contributed by atoms with Crippen molar-refractivity contribution >= 4 is 52.0 Å². The summed E-state index contributed by atoms with van der Waals surface area (Å²) in [6.45, 7) is 0. The Bertz CT molecular complexity index is 1340. The molecule has 0 radical (unpaired) electrons. The number of fused-ring (bicyclic) bond motifs is 4. The van der Waals surface area contributed by atoms with Gasteiger partial charge in [0, 0.05) is 12.0 Å². The molecular formula is C25H17Cl2N3O2S. The van der Waals surface area contributed by atoms with E-state index in [0.29, 0.717) is 32.7 Å². The lowest BCUT2D eigenvalue weighted by Crippen LogP contribution is -2.61. The second-order valence-electron chi connectivity index (χ2n) is 7.93. The maximum atomic E-state index is 12.7. The Morgan fingerprint density at radius 1 is 1.06 bits per heavy atom. The fourth-order valence-corrected chi connectivity index (χ4v) is 5.71. The molecule has 0 saturated carbocycles. The van der Waals surface area contributed by atoms with E-state index in [1.54, 1.807) is 6.07 Å². The van der Waals surface area contributed by atoms with Crippen LogP contribution in [0, 0.1) is 0 Å². The molecule has 0 bridgehead atoms. The number of hydrogen-bond acceptors (Lipinski definition) is 5. The van der Waals surface area contributed by atoms with Crippen LogP contribution in [0.4, 0.5) is 4.79 Å². The van der Waals surface area contributed by atoms with E-state index in [-0.39, 0.29) is 11.3 Å². The molecule has 8 heteroatoms. The van der Waals surface area contributed by atoms with Crippen LogP contribution in [0.25, 0.3) is 6.08 Å². The second kappa shape index (κ2) is 7.83. The van der Waals surface area contributed by atoms with Crippen molar-refractivity contribution in [2.75, 3.05) is 0 Å². The molecule has 3 aromatic rings. The van der Waals surface area contributed by atoms with Gasteiger partial charge in [-0.25, -0.2) is 5.01 Å². The number of ether oxygens (including phenoxy) is 1. The van der Waals surface area contributed by atoms with Crippen molar-refractivity contribution in [3.63, 3.8) is 0 Å². The van der Waals surface area contributed by atoms with Gasteiger partial charge in [0.1, 0.15) is 5.75 Å². The van der Waals surface area contributed by atoms with Gasteiger partial charge in [0.2, 0.25) is 0 Å². The third-order valence-electron chi connectivity index (χ3n) is 5.95. The van der Waals surface area contributed by atoms with Gasteiger partial charge < -0.3 is 4.74 Å². The van der Waals surface area contributed by atoms with E-state index >= 15 is 0 Å². The van der Waals surface area contributed by atoms with Crippen LogP contribution in [-0.2, 0) is 0 Å². The number of nitrogens with one attached hydrogen (secondary N) is 1. The van der Waals surface area contributed by atoms with Gasteiger partial charge in [0.15, 0.2) is 0 Å². The number of amides is 1. The second-order valence-corrected chi connectivity index (χ2v) is 9.73. The summed E-state index contributed by atoms with van der Waals surface area (Å²) in [5.41, 5.74) is 3.71. The van der Waals surface area contributed by atoms with Gasteiger partial charge in [-0.3, -0.25) is 10.1 Å². The van der Waals surface area contributed by atoms with Crippen LogP contribution in [0.15, 0.2) is 82.8 Å². The Hall–Kier alpha value is -2.93. The van der Waals surface area contributed by atoms with Gasteiger partial charge in [-0.05, 0) is 41.1 Å². The van der Waals surface area contributed by atoms with E-state index in [9.17, 15) is 4.79 Å². The molecule has 1 spiro atoms. The third-order valence-corrected chi connectivity index (χ3v) is 7.69. The number of para-hydroxylation sites is 1. The van der Waals surface area contributed by atoms with Crippen molar-refractivity contribution in [2.45, 2.75) is 18.3 Å². The van der Waals surface area contributed by atoms with Gasteiger partial charge in [0.25, 0.3) is 5.24 Å². The number of benzene rings is 3. The Morgan fingerprint density at radius 2 is 1.85 bits per heavy atom. The van der Waals surface area contributed by atoms with Crippen molar-refractivity contribution < 1.29 is 9.53 Å². The summed E-state index contributed by atoms with van der Waals surface area (Å²) in [6, 6.07) is 23.3. The van der Waals surface area contributed by atoms with Gasteiger partial charge >= 0.3 is 5.85 Å². The molecule has 1 saturated heterocycles. The number of nitrogens with zero attached hydrogens (tertiary/aromatic N) is 2. The first-order valence-electron chi connectivity index (χ1n) is 10.4. The first kappa shape index (κ1) is 20.7. The standard InChI is InChI=1S/C25H17Cl2N3O2S/c26-18-11-6-9-16(23(18)27)13-22-25(28-24(31)33-22)30-20(17-10-4-5-12-21(17)32-25)14-19(29-30)15-7-2-1-3-8-15/h1-13,20H,14H2,(H,28,31)/b22-13-/t20-,25-/m1/s1. The summed E-state index contributed by atoms with van der Waals surface area (Å²) in [5.74, 6) is -0.558. The molecule has 1 amide bonds.